The molecule has 1 N–H and O–H groups in total. The van der Waals surface area contributed by atoms with Crippen molar-refractivity contribution in [2.24, 2.45) is 0 Å². The first-order valence-electron chi connectivity index (χ1n) is 7.20. The van der Waals surface area contributed by atoms with Crippen molar-refractivity contribution in [3.8, 4) is 0 Å². The van der Waals surface area contributed by atoms with Gasteiger partial charge in [0, 0.05) is 37.0 Å². The Morgan fingerprint density at radius 3 is 2.95 bits per heavy atom. The molecule has 0 aliphatic rings. The van der Waals surface area contributed by atoms with E-state index in [1.807, 2.05) is 25.3 Å². The van der Waals surface area contributed by atoms with Gasteiger partial charge in [0.05, 0.1) is 18.3 Å². The molecule has 118 valence electrons. The fraction of sp³-hybridized carbons (Fsp3) is 0.375. The minimum atomic E-state index is -0.0474. The smallest absolute Gasteiger partial charge is 0.250 e. The second-order valence-electron chi connectivity index (χ2n) is 4.88. The van der Waals surface area contributed by atoms with Crippen LogP contribution in [0.25, 0.3) is 0 Å². The zero-order valence-electron chi connectivity index (χ0n) is 13.1. The highest BCUT2D eigenvalue weighted by Gasteiger charge is 2.07. The summed E-state index contributed by atoms with van der Waals surface area (Å²) in [5, 5.41) is 0. The third-order valence-electron chi connectivity index (χ3n) is 3.31. The second-order valence-corrected chi connectivity index (χ2v) is 5.95. The zero-order valence-corrected chi connectivity index (χ0v) is 13.9. The van der Waals surface area contributed by atoms with Crippen LogP contribution >= 0.6 is 11.9 Å². The number of hydrogen-bond acceptors (Lipinski definition) is 5. The van der Waals surface area contributed by atoms with Crippen LogP contribution in [0.5, 0.6) is 0 Å². The molecule has 0 radical (unpaired) electrons. The van der Waals surface area contributed by atoms with Gasteiger partial charge in [-0.05, 0) is 30.7 Å². The summed E-state index contributed by atoms with van der Waals surface area (Å²) in [6.45, 7) is 4.48. The fourth-order valence-corrected chi connectivity index (χ4v) is 2.45. The normalized spacial score (nSPS) is 12.1. The first-order chi connectivity index (χ1) is 10.6. The van der Waals surface area contributed by atoms with Crippen LogP contribution in [0.15, 0.2) is 41.5 Å². The predicted octanol–water partition coefficient (Wildman–Crippen LogP) is 3.08. The second kappa shape index (κ2) is 8.00. The highest BCUT2D eigenvalue weighted by molar-refractivity contribution is 8.00. The molecule has 0 spiro atoms. The zero-order chi connectivity index (χ0) is 15.9. The number of anilines is 1. The molecule has 0 fully saturated rings. The Balaban J connectivity index is 2.21. The molecule has 1 unspecified atom stereocenters. The Kier molecular flexibility index (Phi) is 6.03. The van der Waals surface area contributed by atoms with Gasteiger partial charge in [-0.25, -0.2) is 0 Å². The molecule has 0 aliphatic carbocycles. The van der Waals surface area contributed by atoms with Crippen LogP contribution < -0.4 is 10.3 Å². The quantitative estimate of drug-likeness (QED) is 0.795. The number of aromatic nitrogens is 2. The maximum Gasteiger partial charge on any atom is 0.250 e. The maximum atomic E-state index is 12.0. The van der Waals surface area contributed by atoms with Gasteiger partial charge in [0.25, 0.3) is 5.56 Å². The molecule has 1 atom stereocenters. The van der Waals surface area contributed by atoms with E-state index in [2.05, 4.69) is 16.6 Å². The number of rotatable bonds is 7. The average molecular weight is 319 g/mol. The molecule has 22 heavy (non-hydrogen) atoms. The molecule has 2 aromatic heterocycles. The lowest BCUT2D eigenvalue weighted by Crippen LogP contribution is -2.20. The minimum Gasteiger partial charge on any atom is -0.377 e. The Bertz CT molecular complexity index is 672. The highest BCUT2D eigenvalue weighted by atomic mass is 32.2. The molecule has 2 heterocycles. The SMILES string of the molecule is CCSNc1ccnc(Cn2cc(C(C)OC)ccc2=O)c1. The molecule has 0 aromatic carbocycles. The summed E-state index contributed by atoms with van der Waals surface area (Å²) in [6, 6.07) is 7.25. The van der Waals surface area contributed by atoms with Crippen molar-refractivity contribution >= 4 is 17.6 Å². The van der Waals surface area contributed by atoms with E-state index in [9.17, 15) is 4.79 Å². The van der Waals surface area contributed by atoms with Crippen LogP contribution in [0.2, 0.25) is 0 Å². The predicted molar refractivity (Wildman–Crippen MR) is 91.2 cm³/mol. The summed E-state index contributed by atoms with van der Waals surface area (Å²) < 4.78 is 10.2. The molecular weight excluding hydrogens is 298 g/mol. The third-order valence-corrected chi connectivity index (χ3v) is 3.98. The topological polar surface area (TPSA) is 56.1 Å². The number of methoxy groups -OCH3 is 1. The van der Waals surface area contributed by atoms with Gasteiger partial charge in [0.15, 0.2) is 0 Å². The Morgan fingerprint density at radius 2 is 2.23 bits per heavy atom. The van der Waals surface area contributed by atoms with E-state index in [0.29, 0.717) is 6.54 Å². The minimum absolute atomic E-state index is 0.0462. The van der Waals surface area contributed by atoms with Crippen molar-refractivity contribution in [1.29, 1.82) is 0 Å². The molecule has 6 heteroatoms. The lowest BCUT2D eigenvalue weighted by molar-refractivity contribution is 0.119. The molecule has 0 saturated carbocycles. The summed E-state index contributed by atoms with van der Waals surface area (Å²) in [4.78, 5) is 16.4. The van der Waals surface area contributed by atoms with Crippen molar-refractivity contribution in [3.05, 3.63) is 58.3 Å². The van der Waals surface area contributed by atoms with E-state index in [1.54, 1.807) is 42.0 Å². The van der Waals surface area contributed by atoms with Gasteiger partial charge in [0.1, 0.15) is 0 Å². The molecule has 0 bridgehead atoms. The summed E-state index contributed by atoms with van der Waals surface area (Å²) >= 11 is 1.63. The Morgan fingerprint density at radius 1 is 1.41 bits per heavy atom. The maximum absolute atomic E-state index is 12.0. The number of ether oxygens (including phenoxy) is 1. The first-order valence-corrected chi connectivity index (χ1v) is 8.18. The van der Waals surface area contributed by atoms with Crippen molar-refractivity contribution < 1.29 is 4.74 Å². The standard InChI is InChI=1S/C16H21N3O2S/c1-4-22-18-14-7-8-17-15(9-14)11-19-10-13(12(2)21-3)5-6-16(19)20/h5-10,12H,4,11H2,1-3H3,(H,17,18). The van der Waals surface area contributed by atoms with E-state index in [-0.39, 0.29) is 11.7 Å². The molecule has 0 saturated heterocycles. The number of nitrogens with zero attached hydrogens (tertiary/aromatic N) is 2. The van der Waals surface area contributed by atoms with Gasteiger partial charge < -0.3 is 14.0 Å². The van der Waals surface area contributed by atoms with E-state index in [0.717, 1.165) is 22.7 Å². The molecular formula is C16H21N3O2S. The first kappa shape index (κ1) is 16.6. The number of pyridine rings is 2. The molecule has 2 aromatic rings. The third kappa shape index (κ3) is 4.35. The lowest BCUT2D eigenvalue weighted by Gasteiger charge is -2.13. The van der Waals surface area contributed by atoms with E-state index < -0.39 is 0 Å². The summed E-state index contributed by atoms with van der Waals surface area (Å²) in [5.41, 5.74) is 2.76. The molecule has 0 amide bonds. The van der Waals surface area contributed by atoms with Gasteiger partial charge in [0.2, 0.25) is 0 Å². The lowest BCUT2D eigenvalue weighted by atomic mass is 10.2. The molecule has 0 aliphatic heterocycles. The van der Waals surface area contributed by atoms with Gasteiger partial charge in [-0.15, -0.1) is 0 Å². The average Bonchev–Trinajstić information content (AvgIpc) is 2.54. The van der Waals surface area contributed by atoms with Crippen molar-refractivity contribution in [2.45, 2.75) is 26.5 Å². The van der Waals surface area contributed by atoms with Crippen LogP contribution in [0.3, 0.4) is 0 Å². The van der Waals surface area contributed by atoms with Crippen LogP contribution in [0.4, 0.5) is 5.69 Å². The molecule has 2 rings (SSSR count). The van der Waals surface area contributed by atoms with Crippen molar-refractivity contribution in [3.63, 3.8) is 0 Å². The summed E-state index contributed by atoms with van der Waals surface area (Å²) in [6.07, 6.45) is 3.54. The fourth-order valence-electron chi connectivity index (χ4n) is 2.01. The monoisotopic (exact) mass is 319 g/mol. The van der Waals surface area contributed by atoms with Crippen LogP contribution in [0.1, 0.15) is 31.2 Å². The summed E-state index contributed by atoms with van der Waals surface area (Å²) in [7, 11) is 1.65. The van der Waals surface area contributed by atoms with Crippen LogP contribution in [-0.4, -0.2) is 22.4 Å². The number of nitrogens with one attached hydrogen (secondary N) is 1. The Hall–Kier alpha value is -1.79. The van der Waals surface area contributed by atoms with Gasteiger partial charge >= 0.3 is 0 Å². The van der Waals surface area contributed by atoms with Gasteiger partial charge in [-0.2, -0.15) is 0 Å². The van der Waals surface area contributed by atoms with Crippen molar-refractivity contribution in [1.82, 2.24) is 9.55 Å². The van der Waals surface area contributed by atoms with E-state index >= 15 is 0 Å². The highest BCUT2D eigenvalue weighted by Crippen LogP contribution is 2.15. The molecule has 5 nitrogen and oxygen atoms in total. The van der Waals surface area contributed by atoms with Crippen molar-refractivity contribution in [2.75, 3.05) is 17.6 Å². The van der Waals surface area contributed by atoms with Gasteiger partial charge in [-0.1, -0.05) is 18.9 Å². The largest absolute Gasteiger partial charge is 0.377 e. The van der Waals surface area contributed by atoms with Crippen LogP contribution in [-0.2, 0) is 11.3 Å². The summed E-state index contributed by atoms with van der Waals surface area (Å²) in [5.74, 6) is 0.980. The van der Waals surface area contributed by atoms with Crippen LogP contribution in [0, 0.1) is 0 Å². The van der Waals surface area contributed by atoms with Gasteiger partial charge in [-0.3, -0.25) is 9.78 Å². The number of hydrogen-bond donors (Lipinski definition) is 1. The Labute approximate surface area is 134 Å². The van der Waals surface area contributed by atoms with E-state index in [1.165, 1.54) is 0 Å². The van der Waals surface area contributed by atoms with E-state index in [4.69, 9.17) is 4.74 Å².